The quantitative estimate of drug-likeness (QED) is 0.424. The van der Waals surface area contributed by atoms with Gasteiger partial charge in [0.05, 0.1) is 10.6 Å². The van der Waals surface area contributed by atoms with Crippen LogP contribution in [0.4, 0.5) is 10.1 Å². The number of amides is 2. The summed E-state index contributed by atoms with van der Waals surface area (Å²) in [5.74, 6) is -1.52. The largest absolute Gasteiger partial charge is 0.357 e. The summed E-state index contributed by atoms with van der Waals surface area (Å²) in [7, 11) is -2.76. The fourth-order valence-corrected chi connectivity index (χ4v) is 5.27. The van der Waals surface area contributed by atoms with Gasteiger partial charge < -0.3 is 10.2 Å². The Bertz CT molecular complexity index is 1290. The third-order valence-corrected chi connectivity index (χ3v) is 7.66. The molecule has 36 heavy (non-hydrogen) atoms. The van der Waals surface area contributed by atoms with Crippen LogP contribution in [-0.4, -0.2) is 44.8 Å². The van der Waals surface area contributed by atoms with Crippen LogP contribution in [0.3, 0.4) is 0 Å². The molecule has 0 aliphatic carbocycles. The summed E-state index contributed by atoms with van der Waals surface area (Å²) >= 11 is 5.99. The summed E-state index contributed by atoms with van der Waals surface area (Å²) < 4.78 is 41.6. The topological polar surface area (TPSA) is 86.8 Å². The number of sulfonamides is 1. The Kier molecular flexibility index (Phi) is 9.06. The zero-order valence-corrected chi connectivity index (χ0v) is 21.5. The molecule has 3 aromatic carbocycles. The first-order chi connectivity index (χ1) is 17.2. The molecular weight excluding hydrogens is 505 g/mol. The molecule has 0 heterocycles. The van der Waals surface area contributed by atoms with E-state index >= 15 is 0 Å². The summed E-state index contributed by atoms with van der Waals surface area (Å²) in [6.07, 6.45) is 0.315. The van der Waals surface area contributed by atoms with Crippen molar-refractivity contribution in [2.24, 2.45) is 0 Å². The fourth-order valence-electron chi connectivity index (χ4n) is 3.73. The van der Waals surface area contributed by atoms with Gasteiger partial charge in [0.25, 0.3) is 10.0 Å². The number of hydrogen-bond acceptors (Lipinski definition) is 4. The number of carbonyl (C=O) groups excluding carboxylic acids is 2. The molecule has 3 rings (SSSR count). The Labute approximate surface area is 215 Å². The number of para-hydroxylation sites is 1. The van der Waals surface area contributed by atoms with Crippen molar-refractivity contribution >= 4 is 39.1 Å². The van der Waals surface area contributed by atoms with Crippen molar-refractivity contribution in [1.82, 2.24) is 10.2 Å². The fraction of sp³-hybridized carbons (Fsp3) is 0.231. The van der Waals surface area contributed by atoms with Crippen molar-refractivity contribution < 1.29 is 22.4 Å². The highest BCUT2D eigenvalue weighted by atomic mass is 35.5. The van der Waals surface area contributed by atoms with Crippen LogP contribution in [0.15, 0.2) is 83.8 Å². The highest BCUT2D eigenvalue weighted by Crippen LogP contribution is 2.25. The first-order valence-electron chi connectivity index (χ1n) is 11.3. The lowest BCUT2D eigenvalue weighted by atomic mass is 10.1. The predicted octanol–water partition coefficient (Wildman–Crippen LogP) is 4.23. The van der Waals surface area contributed by atoms with E-state index in [1.165, 1.54) is 11.9 Å². The zero-order chi connectivity index (χ0) is 26.3. The summed E-state index contributed by atoms with van der Waals surface area (Å²) in [5, 5.41) is 3.10. The maximum Gasteiger partial charge on any atom is 0.264 e. The third kappa shape index (κ3) is 6.41. The molecule has 3 aromatic rings. The number of halogens is 2. The molecule has 0 bridgehead atoms. The molecule has 0 spiro atoms. The summed E-state index contributed by atoms with van der Waals surface area (Å²) in [6.45, 7) is 1.28. The highest BCUT2D eigenvalue weighted by molar-refractivity contribution is 7.92. The molecule has 2 amide bonds. The monoisotopic (exact) mass is 531 g/mol. The van der Waals surface area contributed by atoms with Crippen LogP contribution < -0.4 is 9.62 Å². The number of likely N-dealkylation sites (N-methyl/N-ethyl adjacent to an activating group) is 1. The molecular formula is C26H27ClFN3O4S. The third-order valence-electron chi connectivity index (χ3n) is 5.62. The zero-order valence-electron chi connectivity index (χ0n) is 19.9. The molecule has 190 valence electrons. The van der Waals surface area contributed by atoms with E-state index in [1.54, 1.807) is 61.5 Å². The molecule has 10 heteroatoms. The van der Waals surface area contributed by atoms with Crippen LogP contribution >= 0.6 is 11.6 Å². The lowest BCUT2D eigenvalue weighted by Crippen LogP contribution is -2.51. The second kappa shape index (κ2) is 12.0. The van der Waals surface area contributed by atoms with E-state index in [-0.39, 0.29) is 23.0 Å². The van der Waals surface area contributed by atoms with E-state index in [0.717, 1.165) is 34.1 Å². The van der Waals surface area contributed by atoms with Gasteiger partial charge in [-0.15, -0.1) is 0 Å². The Balaban J connectivity index is 2.02. The van der Waals surface area contributed by atoms with Crippen LogP contribution in [0.2, 0.25) is 5.02 Å². The number of nitrogens with one attached hydrogen (secondary N) is 1. The van der Waals surface area contributed by atoms with E-state index in [9.17, 15) is 22.4 Å². The van der Waals surface area contributed by atoms with E-state index in [4.69, 9.17) is 11.6 Å². The molecule has 0 saturated carbocycles. The van der Waals surface area contributed by atoms with Crippen molar-refractivity contribution in [2.75, 3.05) is 17.9 Å². The van der Waals surface area contributed by atoms with Crippen molar-refractivity contribution in [3.63, 3.8) is 0 Å². The van der Waals surface area contributed by atoms with E-state index in [1.807, 2.05) is 0 Å². The van der Waals surface area contributed by atoms with Crippen molar-refractivity contribution in [3.05, 3.63) is 95.3 Å². The number of benzene rings is 3. The lowest BCUT2D eigenvalue weighted by Gasteiger charge is -2.33. The van der Waals surface area contributed by atoms with Gasteiger partial charge in [-0.25, -0.2) is 12.8 Å². The van der Waals surface area contributed by atoms with Crippen molar-refractivity contribution in [3.8, 4) is 0 Å². The molecule has 1 atom stereocenters. The summed E-state index contributed by atoms with van der Waals surface area (Å²) in [6, 6.07) is 18.5. The van der Waals surface area contributed by atoms with Crippen LogP contribution in [-0.2, 0) is 26.2 Å². The number of rotatable bonds is 10. The van der Waals surface area contributed by atoms with Gasteiger partial charge in [0.2, 0.25) is 11.8 Å². The van der Waals surface area contributed by atoms with Crippen LogP contribution in [0.1, 0.15) is 18.9 Å². The number of anilines is 1. The second-order valence-corrected chi connectivity index (χ2v) is 10.3. The number of hydrogen-bond donors (Lipinski definition) is 1. The average Bonchev–Trinajstić information content (AvgIpc) is 2.88. The Hall–Kier alpha value is -3.43. The van der Waals surface area contributed by atoms with Crippen LogP contribution in [0.25, 0.3) is 0 Å². The first kappa shape index (κ1) is 27.2. The first-order valence-corrected chi connectivity index (χ1v) is 13.1. The molecule has 1 N–H and O–H groups in total. The SMILES string of the molecule is CC[C@H](C(=O)NC)N(Cc1ccc(Cl)cc1)C(=O)CN(c1ccccc1)S(=O)(=O)c1ccc(F)cc1. The van der Waals surface area contributed by atoms with Crippen LogP contribution in [0, 0.1) is 5.82 Å². The minimum absolute atomic E-state index is 0.0706. The van der Waals surface area contributed by atoms with Crippen LogP contribution in [0.5, 0.6) is 0 Å². The molecule has 7 nitrogen and oxygen atoms in total. The maximum atomic E-state index is 13.7. The average molecular weight is 532 g/mol. The summed E-state index contributed by atoms with van der Waals surface area (Å²) in [4.78, 5) is 27.5. The molecule has 0 saturated heterocycles. The molecule has 0 unspecified atom stereocenters. The van der Waals surface area contributed by atoms with E-state index in [0.29, 0.717) is 11.4 Å². The molecule has 0 aliphatic rings. The number of carbonyl (C=O) groups is 2. The van der Waals surface area contributed by atoms with E-state index in [2.05, 4.69) is 5.32 Å². The highest BCUT2D eigenvalue weighted by Gasteiger charge is 2.33. The minimum atomic E-state index is -4.24. The van der Waals surface area contributed by atoms with Gasteiger partial charge in [0.15, 0.2) is 0 Å². The van der Waals surface area contributed by atoms with Gasteiger partial charge >= 0.3 is 0 Å². The second-order valence-electron chi connectivity index (χ2n) is 7.99. The smallest absolute Gasteiger partial charge is 0.264 e. The lowest BCUT2D eigenvalue weighted by molar-refractivity contribution is -0.140. The van der Waals surface area contributed by atoms with Gasteiger partial charge in [-0.1, -0.05) is 48.9 Å². The van der Waals surface area contributed by atoms with Gasteiger partial charge in [-0.2, -0.15) is 0 Å². The Morgan fingerprint density at radius 1 is 0.972 bits per heavy atom. The predicted molar refractivity (Wildman–Crippen MR) is 138 cm³/mol. The maximum absolute atomic E-state index is 13.7. The Morgan fingerprint density at radius 2 is 1.58 bits per heavy atom. The molecule has 0 fully saturated rings. The normalized spacial score (nSPS) is 12.0. The Morgan fingerprint density at radius 3 is 2.14 bits per heavy atom. The van der Waals surface area contributed by atoms with Gasteiger partial charge in [-0.3, -0.25) is 13.9 Å². The minimum Gasteiger partial charge on any atom is -0.357 e. The number of nitrogens with zero attached hydrogens (tertiary/aromatic N) is 2. The summed E-state index contributed by atoms with van der Waals surface area (Å²) in [5.41, 5.74) is 0.984. The van der Waals surface area contributed by atoms with Gasteiger partial charge in [0.1, 0.15) is 18.4 Å². The standard InChI is InChI=1S/C26H27ClFN3O4S/c1-3-24(26(33)29-2)30(17-19-9-11-20(27)12-10-19)25(32)18-31(22-7-5-4-6-8-22)36(34,35)23-15-13-21(28)14-16-23/h4-16,24H,3,17-18H2,1-2H3,(H,29,33)/t24-/m1/s1. The van der Waals surface area contributed by atoms with Gasteiger partial charge in [-0.05, 0) is 60.5 Å². The van der Waals surface area contributed by atoms with Gasteiger partial charge in [0, 0.05) is 18.6 Å². The van der Waals surface area contributed by atoms with E-state index < -0.39 is 34.3 Å². The molecule has 0 aromatic heterocycles. The van der Waals surface area contributed by atoms with Crippen molar-refractivity contribution in [2.45, 2.75) is 30.8 Å². The molecule has 0 aliphatic heterocycles. The van der Waals surface area contributed by atoms with Crippen molar-refractivity contribution in [1.29, 1.82) is 0 Å². The molecule has 0 radical (unpaired) electrons.